The van der Waals surface area contributed by atoms with Gasteiger partial charge in [-0.1, -0.05) is 42.5 Å². The van der Waals surface area contributed by atoms with E-state index in [9.17, 15) is 14.9 Å². The number of anilines is 1. The fourth-order valence-corrected chi connectivity index (χ4v) is 3.01. The number of hydrogen-bond donors (Lipinski definition) is 1. The largest absolute Gasteiger partial charge is 0.497 e. The van der Waals surface area contributed by atoms with Crippen LogP contribution in [0, 0.1) is 10.1 Å². The smallest absolute Gasteiger partial charge is 0.269 e. The van der Waals surface area contributed by atoms with E-state index in [1.807, 2.05) is 54.6 Å². The van der Waals surface area contributed by atoms with Gasteiger partial charge in [0.15, 0.2) is 0 Å². The van der Waals surface area contributed by atoms with Crippen LogP contribution in [0.2, 0.25) is 0 Å². The Balaban J connectivity index is 1.78. The molecule has 142 valence electrons. The number of benzene rings is 3. The van der Waals surface area contributed by atoms with Crippen LogP contribution >= 0.6 is 0 Å². The van der Waals surface area contributed by atoms with Gasteiger partial charge in [0.1, 0.15) is 5.75 Å². The second-order valence-corrected chi connectivity index (χ2v) is 6.29. The lowest BCUT2D eigenvalue weighted by Gasteiger charge is -2.18. The van der Waals surface area contributed by atoms with E-state index in [4.69, 9.17) is 4.74 Å². The second kappa shape index (κ2) is 8.81. The van der Waals surface area contributed by atoms with Gasteiger partial charge < -0.3 is 10.1 Å². The van der Waals surface area contributed by atoms with Crippen LogP contribution in [-0.4, -0.2) is 17.9 Å². The highest BCUT2D eigenvalue weighted by molar-refractivity contribution is 5.91. The molecule has 1 amide bonds. The molecule has 0 saturated carbocycles. The summed E-state index contributed by atoms with van der Waals surface area (Å²) in [6.45, 7) is 0. The van der Waals surface area contributed by atoms with Crippen LogP contribution in [0.25, 0.3) is 0 Å². The maximum absolute atomic E-state index is 12.6. The minimum absolute atomic E-state index is 0.0154. The van der Waals surface area contributed by atoms with E-state index in [1.165, 1.54) is 24.3 Å². The molecule has 6 heteroatoms. The highest BCUT2D eigenvalue weighted by Crippen LogP contribution is 2.30. The zero-order chi connectivity index (χ0) is 19.9. The summed E-state index contributed by atoms with van der Waals surface area (Å²) in [5.74, 6) is 0.467. The maximum atomic E-state index is 12.6. The number of nitrogens with zero attached hydrogens (tertiary/aromatic N) is 1. The molecule has 0 saturated heterocycles. The first-order valence-electron chi connectivity index (χ1n) is 8.80. The monoisotopic (exact) mass is 376 g/mol. The Morgan fingerprint density at radius 1 is 0.964 bits per heavy atom. The van der Waals surface area contributed by atoms with Crippen LogP contribution in [-0.2, 0) is 4.79 Å². The first-order valence-corrected chi connectivity index (χ1v) is 8.80. The third-order valence-electron chi connectivity index (χ3n) is 4.47. The van der Waals surface area contributed by atoms with Gasteiger partial charge in [0.2, 0.25) is 5.91 Å². The lowest BCUT2D eigenvalue weighted by atomic mass is 9.88. The van der Waals surface area contributed by atoms with Crippen molar-refractivity contribution in [3.63, 3.8) is 0 Å². The molecule has 3 aromatic rings. The number of non-ortho nitro benzene ring substituents is 1. The van der Waals surface area contributed by atoms with Crippen molar-refractivity contribution in [3.05, 3.63) is 100 Å². The van der Waals surface area contributed by atoms with Gasteiger partial charge in [-0.3, -0.25) is 14.9 Å². The second-order valence-electron chi connectivity index (χ2n) is 6.29. The summed E-state index contributed by atoms with van der Waals surface area (Å²) in [5, 5.41) is 13.6. The summed E-state index contributed by atoms with van der Waals surface area (Å²) in [4.78, 5) is 22.9. The fourth-order valence-electron chi connectivity index (χ4n) is 3.01. The Kier molecular flexibility index (Phi) is 6.01. The minimum atomic E-state index is -0.472. The lowest BCUT2D eigenvalue weighted by molar-refractivity contribution is -0.384. The Labute approximate surface area is 162 Å². The highest BCUT2D eigenvalue weighted by Gasteiger charge is 2.19. The number of methoxy groups -OCH3 is 1. The van der Waals surface area contributed by atoms with Crippen LogP contribution in [0.15, 0.2) is 78.9 Å². The molecule has 0 heterocycles. The molecule has 28 heavy (non-hydrogen) atoms. The van der Waals surface area contributed by atoms with Gasteiger partial charge in [-0.25, -0.2) is 0 Å². The molecule has 1 unspecified atom stereocenters. The van der Waals surface area contributed by atoms with Gasteiger partial charge >= 0.3 is 0 Å². The zero-order valence-corrected chi connectivity index (χ0v) is 15.4. The predicted octanol–water partition coefficient (Wildman–Crippen LogP) is 4.76. The molecule has 0 aliphatic rings. The van der Waals surface area contributed by atoms with Crippen molar-refractivity contribution < 1.29 is 14.5 Å². The summed E-state index contributed by atoms with van der Waals surface area (Å²) in [6.07, 6.45) is 0.243. The van der Waals surface area contributed by atoms with E-state index in [0.29, 0.717) is 5.69 Å². The van der Waals surface area contributed by atoms with E-state index in [-0.39, 0.29) is 23.9 Å². The summed E-state index contributed by atoms with van der Waals surface area (Å²) >= 11 is 0. The first-order chi connectivity index (χ1) is 13.6. The van der Waals surface area contributed by atoms with E-state index in [0.717, 1.165) is 16.9 Å². The quantitative estimate of drug-likeness (QED) is 0.476. The Bertz CT molecular complexity index is 939. The zero-order valence-electron chi connectivity index (χ0n) is 15.4. The van der Waals surface area contributed by atoms with E-state index in [2.05, 4.69) is 5.32 Å². The summed E-state index contributed by atoms with van der Waals surface area (Å²) in [7, 11) is 1.61. The van der Waals surface area contributed by atoms with Gasteiger partial charge in [0, 0.05) is 30.2 Å². The number of rotatable bonds is 7. The molecule has 0 aromatic heterocycles. The molecule has 0 spiro atoms. The number of amides is 1. The van der Waals surface area contributed by atoms with Crippen molar-refractivity contribution in [2.75, 3.05) is 12.4 Å². The molecule has 1 N–H and O–H groups in total. The van der Waals surface area contributed by atoms with Crippen LogP contribution in [0.1, 0.15) is 23.5 Å². The van der Waals surface area contributed by atoms with Crippen molar-refractivity contribution in [1.29, 1.82) is 0 Å². The van der Waals surface area contributed by atoms with E-state index < -0.39 is 4.92 Å². The molecule has 6 nitrogen and oxygen atoms in total. The van der Waals surface area contributed by atoms with Crippen LogP contribution in [0.5, 0.6) is 5.75 Å². The lowest BCUT2D eigenvalue weighted by Crippen LogP contribution is -2.16. The van der Waals surface area contributed by atoms with Gasteiger partial charge in [-0.2, -0.15) is 0 Å². The molecule has 0 fully saturated rings. The van der Waals surface area contributed by atoms with Crippen molar-refractivity contribution in [1.82, 2.24) is 0 Å². The predicted molar refractivity (Wildman–Crippen MR) is 108 cm³/mol. The number of nitro groups is 1. The Morgan fingerprint density at radius 2 is 1.57 bits per heavy atom. The number of nitro benzene ring substituents is 1. The fraction of sp³-hybridized carbons (Fsp3) is 0.136. The topological polar surface area (TPSA) is 81.5 Å². The molecule has 3 aromatic carbocycles. The normalized spacial score (nSPS) is 11.5. The van der Waals surface area contributed by atoms with Crippen molar-refractivity contribution in [2.24, 2.45) is 0 Å². The molecule has 0 aliphatic heterocycles. The maximum Gasteiger partial charge on any atom is 0.269 e. The Hall–Kier alpha value is -3.67. The van der Waals surface area contributed by atoms with Crippen molar-refractivity contribution in [2.45, 2.75) is 12.3 Å². The van der Waals surface area contributed by atoms with E-state index in [1.54, 1.807) is 7.11 Å². The molecule has 0 bridgehead atoms. The SMILES string of the molecule is COc1ccc(C(CC(=O)Nc2ccc([N+](=O)[O-])cc2)c2ccccc2)cc1. The third-order valence-corrected chi connectivity index (χ3v) is 4.47. The molecule has 1 atom stereocenters. The van der Waals surface area contributed by atoms with E-state index >= 15 is 0 Å². The third kappa shape index (κ3) is 4.73. The summed E-state index contributed by atoms with van der Waals surface area (Å²) in [5.41, 5.74) is 2.55. The average molecular weight is 376 g/mol. The van der Waals surface area contributed by atoms with Gasteiger partial charge in [-0.15, -0.1) is 0 Å². The Morgan fingerprint density at radius 3 is 2.14 bits per heavy atom. The van der Waals surface area contributed by atoms with Crippen molar-refractivity contribution >= 4 is 17.3 Å². The van der Waals surface area contributed by atoms with Gasteiger partial charge in [-0.05, 0) is 35.4 Å². The summed E-state index contributed by atoms with van der Waals surface area (Å²) < 4.78 is 5.21. The van der Waals surface area contributed by atoms with Crippen LogP contribution < -0.4 is 10.1 Å². The van der Waals surface area contributed by atoms with Gasteiger partial charge in [0.25, 0.3) is 5.69 Å². The molecule has 3 rings (SSSR count). The standard InChI is InChI=1S/C22H20N2O4/c1-28-20-13-7-17(8-14-20)21(16-5-3-2-4-6-16)15-22(25)23-18-9-11-19(12-10-18)24(26)27/h2-14,21H,15H2,1H3,(H,23,25). The molecule has 0 aliphatic carbocycles. The molecular formula is C22H20N2O4. The van der Waals surface area contributed by atoms with Gasteiger partial charge in [0.05, 0.1) is 12.0 Å². The number of carbonyl (C=O) groups is 1. The average Bonchev–Trinajstić information content (AvgIpc) is 2.73. The minimum Gasteiger partial charge on any atom is -0.497 e. The first kappa shape index (κ1) is 19.1. The number of nitrogens with one attached hydrogen (secondary N) is 1. The number of hydrogen-bond acceptors (Lipinski definition) is 4. The molecule has 0 radical (unpaired) electrons. The van der Waals surface area contributed by atoms with Crippen LogP contribution in [0.4, 0.5) is 11.4 Å². The highest BCUT2D eigenvalue weighted by atomic mass is 16.6. The van der Waals surface area contributed by atoms with Crippen LogP contribution in [0.3, 0.4) is 0 Å². The van der Waals surface area contributed by atoms with Crippen molar-refractivity contribution in [3.8, 4) is 5.75 Å². The number of ether oxygens (including phenoxy) is 1. The number of carbonyl (C=O) groups excluding carboxylic acids is 1. The molecular weight excluding hydrogens is 356 g/mol. The summed E-state index contributed by atoms with van der Waals surface area (Å²) in [6, 6.07) is 23.3.